The van der Waals surface area contributed by atoms with Gasteiger partial charge in [0, 0.05) is 43.5 Å². The van der Waals surface area contributed by atoms with E-state index in [0.29, 0.717) is 18.8 Å². The largest absolute Gasteiger partial charge is 0.367 e. The zero-order valence-corrected chi connectivity index (χ0v) is 13.9. The van der Waals surface area contributed by atoms with Gasteiger partial charge in [-0.1, -0.05) is 6.07 Å². The summed E-state index contributed by atoms with van der Waals surface area (Å²) in [6, 6.07) is 3.71. The molecule has 24 heavy (non-hydrogen) atoms. The van der Waals surface area contributed by atoms with Crippen LogP contribution < -0.4 is 5.32 Å². The topological polar surface area (TPSA) is 77.0 Å². The lowest BCUT2D eigenvalue weighted by atomic mass is 9.95. The van der Waals surface area contributed by atoms with E-state index < -0.39 is 0 Å². The zero-order chi connectivity index (χ0) is 16.8. The van der Waals surface area contributed by atoms with Crippen LogP contribution in [-0.4, -0.2) is 27.5 Å². The fourth-order valence-electron chi connectivity index (χ4n) is 2.78. The molecule has 1 aliphatic heterocycles. The number of hydrogen-bond donors (Lipinski definition) is 1. The molecule has 126 valence electrons. The molecule has 0 aromatic carbocycles. The van der Waals surface area contributed by atoms with E-state index in [1.807, 2.05) is 19.1 Å². The average Bonchev–Trinajstić information content (AvgIpc) is 2.62. The number of pyridine rings is 1. The van der Waals surface area contributed by atoms with Crippen molar-refractivity contribution in [2.24, 2.45) is 0 Å². The normalized spacial score (nSPS) is 20.5. The van der Waals surface area contributed by atoms with Gasteiger partial charge in [0.15, 0.2) is 5.82 Å². The molecular weight excluding hydrogens is 304 g/mol. The van der Waals surface area contributed by atoms with Gasteiger partial charge in [-0.25, -0.2) is 9.97 Å². The van der Waals surface area contributed by atoms with Crippen LogP contribution in [-0.2, 0) is 28.1 Å². The van der Waals surface area contributed by atoms with Crippen molar-refractivity contribution in [3.63, 3.8) is 0 Å². The molecule has 1 amide bonds. The van der Waals surface area contributed by atoms with Crippen LogP contribution in [0.3, 0.4) is 0 Å². The van der Waals surface area contributed by atoms with Crippen LogP contribution in [0.5, 0.6) is 0 Å². The van der Waals surface area contributed by atoms with Crippen LogP contribution in [0.4, 0.5) is 0 Å². The minimum absolute atomic E-state index is 0.0466. The van der Waals surface area contributed by atoms with Crippen LogP contribution in [0.15, 0.2) is 36.9 Å². The Kier molecular flexibility index (Phi) is 5.15. The third-order valence-electron chi connectivity index (χ3n) is 4.22. The molecule has 6 nitrogen and oxygen atoms in total. The first-order valence-corrected chi connectivity index (χ1v) is 8.27. The predicted octanol–water partition coefficient (Wildman–Crippen LogP) is 2.15. The van der Waals surface area contributed by atoms with Gasteiger partial charge in [-0.3, -0.25) is 9.78 Å². The number of aromatic nitrogens is 3. The fourth-order valence-corrected chi connectivity index (χ4v) is 2.78. The molecule has 0 aliphatic carbocycles. The summed E-state index contributed by atoms with van der Waals surface area (Å²) in [5.41, 5.74) is 1.38. The average molecular weight is 326 g/mol. The molecular formula is C18H22N4O2. The second-order valence-electron chi connectivity index (χ2n) is 6.27. The quantitative estimate of drug-likeness (QED) is 0.911. The number of hydrogen-bond acceptors (Lipinski definition) is 5. The molecule has 1 aliphatic rings. The third-order valence-corrected chi connectivity index (χ3v) is 4.22. The fraction of sp³-hybridized carbons (Fsp3) is 0.444. The van der Waals surface area contributed by atoms with Crippen molar-refractivity contribution >= 4 is 5.91 Å². The Hall–Kier alpha value is -2.34. The lowest BCUT2D eigenvalue weighted by Gasteiger charge is -2.32. The minimum atomic E-state index is -0.389. The summed E-state index contributed by atoms with van der Waals surface area (Å²) in [4.78, 5) is 24.8. The number of rotatable bonds is 5. The molecule has 0 saturated carbocycles. The van der Waals surface area contributed by atoms with Crippen LogP contribution in [0.25, 0.3) is 0 Å². The van der Waals surface area contributed by atoms with Crippen molar-refractivity contribution < 1.29 is 9.53 Å². The molecule has 1 N–H and O–H groups in total. The van der Waals surface area contributed by atoms with Crippen LogP contribution >= 0.6 is 0 Å². The van der Waals surface area contributed by atoms with Crippen LogP contribution in [0.1, 0.15) is 43.1 Å². The highest BCUT2D eigenvalue weighted by atomic mass is 16.5. The van der Waals surface area contributed by atoms with Crippen molar-refractivity contribution in [3.8, 4) is 0 Å². The maximum atomic E-state index is 12.0. The van der Waals surface area contributed by atoms with E-state index in [1.54, 1.807) is 24.8 Å². The lowest BCUT2D eigenvalue weighted by Crippen LogP contribution is -2.32. The van der Waals surface area contributed by atoms with Crippen LogP contribution in [0, 0.1) is 0 Å². The summed E-state index contributed by atoms with van der Waals surface area (Å²) >= 11 is 0. The van der Waals surface area contributed by atoms with Crippen molar-refractivity contribution in [1.82, 2.24) is 20.3 Å². The smallest absolute Gasteiger partial charge is 0.224 e. The standard InChI is InChI=1S/C18H22N4O2/c1-18(6-2-3-8-24-18)17-21-12-15(13-22-17)11-20-16(23)9-14-5-4-7-19-10-14/h4-5,7,10,12-13H,2-3,6,8-9,11H2,1H3,(H,20,23)/t18-/m0/s1. The second kappa shape index (κ2) is 7.49. The Balaban J connectivity index is 1.53. The van der Waals surface area contributed by atoms with Crippen molar-refractivity contribution in [1.29, 1.82) is 0 Å². The monoisotopic (exact) mass is 326 g/mol. The SMILES string of the molecule is C[C@@]1(c2ncc(CNC(=O)Cc3cccnc3)cn2)CCCCO1. The first-order valence-electron chi connectivity index (χ1n) is 8.27. The molecule has 3 heterocycles. The van der Waals surface area contributed by atoms with Gasteiger partial charge in [-0.2, -0.15) is 0 Å². The number of nitrogens with one attached hydrogen (secondary N) is 1. The van der Waals surface area contributed by atoms with Gasteiger partial charge in [0.05, 0.1) is 6.42 Å². The molecule has 0 unspecified atom stereocenters. The highest BCUT2D eigenvalue weighted by Gasteiger charge is 2.32. The summed E-state index contributed by atoms with van der Waals surface area (Å²) in [6.45, 7) is 3.21. The molecule has 3 rings (SSSR count). The lowest BCUT2D eigenvalue weighted by molar-refractivity contribution is -0.120. The summed E-state index contributed by atoms with van der Waals surface area (Å²) in [7, 11) is 0. The molecule has 0 radical (unpaired) electrons. The van der Waals surface area contributed by atoms with Gasteiger partial charge in [-0.15, -0.1) is 0 Å². The molecule has 2 aromatic rings. The van der Waals surface area contributed by atoms with Gasteiger partial charge in [0.2, 0.25) is 5.91 Å². The molecule has 6 heteroatoms. The Morgan fingerprint density at radius 1 is 1.25 bits per heavy atom. The summed E-state index contributed by atoms with van der Waals surface area (Å²) in [5.74, 6) is 0.669. The maximum absolute atomic E-state index is 12.0. The predicted molar refractivity (Wildman–Crippen MR) is 89.0 cm³/mol. The molecule has 2 aromatic heterocycles. The first kappa shape index (κ1) is 16.5. The molecule has 1 fully saturated rings. The Morgan fingerprint density at radius 2 is 2.08 bits per heavy atom. The van der Waals surface area contributed by atoms with E-state index in [-0.39, 0.29) is 11.5 Å². The first-order chi connectivity index (χ1) is 11.7. The Bertz CT molecular complexity index is 667. The minimum Gasteiger partial charge on any atom is -0.367 e. The number of carbonyl (C=O) groups is 1. The van der Waals surface area contributed by atoms with Gasteiger partial charge >= 0.3 is 0 Å². The number of nitrogens with zero attached hydrogens (tertiary/aromatic N) is 3. The number of carbonyl (C=O) groups excluding carboxylic acids is 1. The van der Waals surface area contributed by atoms with Gasteiger partial charge in [0.1, 0.15) is 5.60 Å². The summed E-state index contributed by atoms with van der Waals surface area (Å²) in [5, 5.41) is 2.88. The molecule has 1 saturated heterocycles. The van der Waals surface area contributed by atoms with E-state index in [1.165, 1.54) is 0 Å². The molecule has 1 atom stereocenters. The highest BCUT2D eigenvalue weighted by Crippen LogP contribution is 2.32. The Labute approximate surface area is 141 Å². The van der Waals surface area contributed by atoms with Gasteiger partial charge < -0.3 is 10.1 Å². The van der Waals surface area contributed by atoms with Gasteiger partial charge in [0.25, 0.3) is 0 Å². The zero-order valence-electron chi connectivity index (χ0n) is 13.9. The van der Waals surface area contributed by atoms with Crippen molar-refractivity contribution in [2.75, 3.05) is 6.61 Å². The van der Waals surface area contributed by atoms with E-state index in [9.17, 15) is 4.79 Å². The second-order valence-corrected chi connectivity index (χ2v) is 6.27. The van der Waals surface area contributed by atoms with Gasteiger partial charge in [-0.05, 0) is 37.8 Å². The summed E-state index contributed by atoms with van der Waals surface area (Å²) in [6.07, 6.45) is 10.4. The maximum Gasteiger partial charge on any atom is 0.224 e. The van der Waals surface area contributed by atoms with E-state index in [4.69, 9.17) is 4.74 Å². The highest BCUT2D eigenvalue weighted by molar-refractivity contribution is 5.78. The van der Waals surface area contributed by atoms with Crippen molar-refractivity contribution in [2.45, 2.75) is 44.8 Å². The molecule has 0 spiro atoms. The van der Waals surface area contributed by atoms with E-state index in [0.717, 1.165) is 37.0 Å². The van der Waals surface area contributed by atoms with Crippen LogP contribution in [0.2, 0.25) is 0 Å². The number of ether oxygens (including phenoxy) is 1. The van der Waals surface area contributed by atoms with E-state index >= 15 is 0 Å². The third kappa shape index (κ3) is 4.14. The van der Waals surface area contributed by atoms with Crippen molar-refractivity contribution in [3.05, 3.63) is 53.9 Å². The van der Waals surface area contributed by atoms with E-state index in [2.05, 4.69) is 20.3 Å². The molecule has 0 bridgehead atoms. The summed E-state index contributed by atoms with van der Waals surface area (Å²) < 4.78 is 5.86. The number of amides is 1. The Morgan fingerprint density at radius 3 is 2.75 bits per heavy atom.